The van der Waals surface area contributed by atoms with Crippen molar-refractivity contribution in [3.63, 3.8) is 0 Å². The molecule has 2 atom stereocenters. The quantitative estimate of drug-likeness (QED) is 0.676. The van der Waals surface area contributed by atoms with Crippen LogP contribution < -0.4 is 5.32 Å². The van der Waals surface area contributed by atoms with Gasteiger partial charge in [0.05, 0.1) is 6.10 Å². The highest BCUT2D eigenvalue weighted by molar-refractivity contribution is 8.01. The number of aliphatic hydroxyl groups excluding tert-OH is 1. The van der Waals surface area contributed by atoms with Gasteiger partial charge in [-0.05, 0) is 6.54 Å². The van der Waals surface area contributed by atoms with Crippen molar-refractivity contribution in [1.29, 1.82) is 0 Å². The normalized spacial score (nSPS) is 24.1. The first kappa shape index (κ1) is 16.2. The number of nitrogens with one attached hydrogen (secondary N) is 1. The maximum Gasteiger partial charge on any atom is 0.166 e. The first-order valence-corrected chi connectivity index (χ1v) is 9.30. The Kier molecular flexibility index (Phi) is 6.94. The Morgan fingerprint density at radius 1 is 1.50 bits per heavy atom. The largest absolute Gasteiger partial charge is 0.390 e. The molecular formula is C11H24N2O3S2. The van der Waals surface area contributed by atoms with E-state index in [0.717, 1.165) is 18.8 Å². The van der Waals surface area contributed by atoms with E-state index in [2.05, 4.69) is 5.32 Å². The van der Waals surface area contributed by atoms with E-state index < -0.39 is 21.3 Å². The van der Waals surface area contributed by atoms with Crippen LogP contribution in [-0.4, -0.2) is 73.3 Å². The molecule has 2 N–H and O–H groups in total. The summed E-state index contributed by atoms with van der Waals surface area (Å²) in [5.74, 6) is 1.71. The van der Waals surface area contributed by atoms with Gasteiger partial charge in [-0.15, -0.1) is 0 Å². The van der Waals surface area contributed by atoms with Crippen molar-refractivity contribution in [3.05, 3.63) is 0 Å². The number of aliphatic hydroxyl groups is 1. The molecule has 5 nitrogen and oxygen atoms in total. The van der Waals surface area contributed by atoms with Crippen LogP contribution >= 0.6 is 11.8 Å². The molecule has 1 heterocycles. The summed E-state index contributed by atoms with van der Waals surface area (Å²) < 4.78 is 24.0. The van der Waals surface area contributed by atoms with Crippen molar-refractivity contribution >= 4 is 21.6 Å². The van der Waals surface area contributed by atoms with E-state index in [1.165, 1.54) is 0 Å². The smallest absolute Gasteiger partial charge is 0.166 e. The van der Waals surface area contributed by atoms with Crippen molar-refractivity contribution in [2.45, 2.75) is 25.3 Å². The average Bonchev–Trinajstić information content (AvgIpc) is 2.37. The molecule has 1 saturated heterocycles. The molecule has 108 valence electrons. The van der Waals surface area contributed by atoms with Crippen LogP contribution in [-0.2, 0) is 9.84 Å². The molecule has 1 aliphatic rings. The molecule has 0 aliphatic carbocycles. The maximum absolute atomic E-state index is 12.0. The number of nitrogens with zero attached hydrogens (tertiary/aromatic N) is 1. The molecular weight excluding hydrogens is 272 g/mol. The lowest BCUT2D eigenvalue weighted by Crippen LogP contribution is -2.51. The van der Waals surface area contributed by atoms with Gasteiger partial charge in [0, 0.05) is 36.9 Å². The molecule has 7 heteroatoms. The molecule has 0 amide bonds. The van der Waals surface area contributed by atoms with Gasteiger partial charge in [0.2, 0.25) is 0 Å². The summed E-state index contributed by atoms with van der Waals surface area (Å²) in [7, 11) is -3.06. The zero-order valence-corrected chi connectivity index (χ0v) is 12.8. The Morgan fingerprint density at radius 3 is 2.83 bits per heavy atom. The maximum atomic E-state index is 12.0. The van der Waals surface area contributed by atoms with Crippen LogP contribution in [0, 0.1) is 0 Å². The first-order chi connectivity index (χ1) is 8.51. The minimum atomic E-state index is -3.06. The number of thioether (sulfide) groups is 1. The number of β-amino-alcohol motifs (C(OH)–C–C–N with tert-alkyl or cyclic N) is 1. The number of hydrogen-bond donors (Lipinski definition) is 2. The molecule has 1 aliphatic heterocycles. The molecule has 1 rings (SSSR count). The first-order valence-electron chi connectivity index (χ1n) is 6.43. The van der Waals surface area contributed by atoms with Crippen LogP contribution in [0.3, 0.4) is 0 Å². The standard InChI is InChI=1S/C11H24N2O3S2/c1-3-12-7-10(14)8-13-5-6-17-9-11(13)18(15,16)4-2/h10-12,14H,3-9H2,1-2H3. The van der Waals surface area contributed by atoms with Crippen molar-refractivity contribution in [3.8, 4) is 0 Å². The molecule has 0 aromatic heterocycles. The minimum absolute atomic E-state index is 0.165. The van der Waals surface area contributed by atoms with E-state index >= 15 is 0 Å². The van der Waals surface area contributed by atoms with Crippen LogP contribution in [0.25, 0.3) is 0 Å². The van der Waals surface area contributed by atoms with E-state index in [-0.39, 0.29) is 5.75 Å². The number of hydrogen-bond acceptors (Lipinski definition) is 6. The molecule has 18 heavy (non-hydrogen) atoms. The SMILES string of the molecule is CCNCC(O)CN1CCSCC1S(=O)(=O)CC. The van der Waals surface area contributed by atoms with Gasteiger partial charge < -0.3 is 10.4 Å². The molecule has 0 bridgehead atoms. The summed E-state index contributed by atoms with van der Waals surface area (Å²) in [4.78, 5) is 1.91. The second-order valence-corrected chi connectivity index (χ2v) is 8.03. The molecule has 0 saturated carbocycles. The van der Waals surface area contributed by atoms with E-state index in [1.807, 2.05) is 11.8 Å². The number of rotatable bonds is 7. The average molecular weight is 296 g/mol. The predicted octanol–water partition coefficient (Wildman–Crippen LogP) is -0.234. The highest BCUT2D eigenvalue weighted by atomic mass is 32.2. The lowest BCUT2D eigenvalue weighted by atomic mass is 10.3. The van der Waals surface area contributed by atoms with Gasteiger partial charge in [-0.25, -0.2) is 8.42 Å². The fourth-order valence-corrected chi connectivity index (χ4v) is 5.08. The third-order valence-corrected chi connectivity index (χ3v) is 6.41. The highest BCUT2D eigenvalue weighted by Gasteiger charge is 2.33. The molecule has 0 radical (unpaired) electrons. The van der Waals surface area contributed by atoms with E-state index in [9.17, 15) is 13.5 Å². The van der Waals surface area contributed by atoms with Crippen LogP contribution in [0.4, 0.5) is 0 Å². The molecule has 0 spiro atoms. The second kappa shape index (κ2) is 7.69. The molecule has 2 unspecified atom stereocenters. The summed E-state index contributed by atoms with van der Waals surface area (Å²) in [6, 6.07) is 0. The fraction of sp³-hybridized carbons (Fsp3) is 1.00. The number of likely N-dealkylation sites (N-methyl/N-ethyl adjacent to an activating group) is 1. The van der Waals surface area contributed by atoms with Crippen molar-refractivity contribution < 1.29 is 13.5 Å². The minimum Gasteiger partial charge on any atom is -0.390 e. The summed E-state index contributed by atoms with van der Waals surface area (Å²) in [6.07, 6.45) is -0.511. The van der Waals surface area contributed by atoms with E-state index in [1.54, 1.807) is 18.7 Å². The van der Waals surface area contributed by atoms with Crippen molar-refractivity contribution in [2.24, 2.45) is 0 Å². The lowest BCUT2D eigenvalue weighted by molar-refractivity contribution is 0.110. The second-order valence-electron chi connectivity index (χ2n) is 4.44. The van der Waals surface area contributed by atoms with Gasteiger partial charge in [0.15, 0.2) is 9.84 Å². The Hall–Kier alpha value is 0.180. The number of sulfone groups is 1. The Balaban J connectivity index is 2.60. The molecule has 0 aromatic carbocycles. The Morgan fingerprint density at radius 2 is 2.22 bits per heavy atom. The molecule has 1 fully saturated rings. The van der Waals surface area contributed by atoms with Crippen LogP contribution in [0.15, 0.2) is 0 Å². The fourth-order valence-electron chi connectivity index (χ4n) is 1.99. The monoisotopic (exact) mass is 296 g/mol. The zero-order valence-electron chi connectivity index (χ0n) is 11.1. The van der Waals surface area contributed by atoms with Gasteiger partial charge in [0.1, 0.15) is 5.37 Å². The zero-order chi connectivity index (χ0) is 13.6. The van der Waals surface area contributed by atoms with E-state index in [0.29, 0.717) is 18.8 Å². The van der Waals surface area contributed by atoms with Crippen molar-refractivity contribution in [1.82, 2.24) is 10.2 Å². The third-order valence-electron chi connectivity index (χ3n) is 3.08. The van der Waals surface area contributed by atoms with Gasteiger partial charge in [-0.1, -0.05) is 13.8 Å². The van der Waals surface area contributed by atoms with Gasteiger partial charge in [0.25, 0.3) is 0 Å². The Bertz CT molecular complexity index is 335. The Labute approximate surface area is 114 Å². The predicted molar refractivity (Wildman–Crippen MR) is 76.7 cm³/mol. The van der Waals surface area contributed by atoms with Crippen LogP contribution in [0.2, 0.25) is 0 Å². The van der Waals surface area contributed by atoms with E-state index in [4.69, 9.17) is 0 Å². The van der Waals surface area contributed by atoms with Gasteiger partial charge in [-0.3, -0.25) is 4.90 Å². The summed E-state index contributed by atoms with van der Waals surface area (Å²) in [5, 5.41) is 12.5. The van der Waals surface area contributed by atoms with Crippen molar-refractivity contribution in [2.75, 3.05) is 43.4 Å². The summed E-state index contributed by atoms with van der Waals surface area (Å²) in [6.45, 7) is 6.15. The lowest BCUT2D eigenvalue weighted by Gasteiger charge is -2.35. The third kappa shape index (κ3) is 4.70. The van der Waals surface area contributed by atoms with Crippen LogP contribution in [0.1, 0.15) is 13.8 Å². The van der Waals surface area contributed by atoms with Crippen LogP contribution in [0.5, 0.6) is 0 Å². The van der Waals surface area contributed by atoms with Gasteiger partial charge >= 0.3 is 0 Å². The van der Waals surface area contributed by atoms with Gasteiger partial charge in [-0.2, -0.15) is 11.8 Å². The topological polar surface area (TPSA) is 69.6 Å². The summed E-state index contributed by atoms with van der Waals surface area (Å²) in [5.41, 5.74) is 0. The molecule has 0 aromatic rings. The summed E-state index contributed by atoms with van der Waals surface area (Å²) >= 11 is 1.68. The highest BCUT2D eigenvalue weighted by Crippen LogP contribution is 2.21.